The number of hydrogen-bond acceptors (Lipinski definition) is 4. The first-order valence-electron chi connectivity index (χ1n) is 8.52. The summed E-state index contributed by atoms with van der Waals surface area (Å²) in [5.41, 5.74) is 2.94. The van der Waals surface area contributed by atoms with E-state index in [1.54, 1.807) is 4.90 Å². The number of ether oxygens (including phenoxy) is 1. The number of benzene rings is 1. The lowest BCUT2D eigenvalue weighted by Gasteiger charge is -2.21. The van der Waals surface area contributed by atoms with Crippen LogP contribution < -0.4 is 0 Å². The third-order valence-corrected chi connectivity index (χ3v) is 4.81. The van der Waals surface area contributed by atoms with Crippen molar-refractivity contribution in [2.75, 3.05) is 33.3 Å². The number of carbonyl (C=O) groups excluding carboxylic acids is 2. The molecular formula is C18H24N4O3. The van der Waals surface area contributed by atoms with Crippen molar-refractivity contribution in [3.63, 3.8) is 0 Å². The molecule has 0 bridgehead atoms. The van der Waals surface area contributed by atoms with Gasteiger partial charge in [0.1, 0.15) is 5.82 Å². The number of aromatic nitrogens is 2. The van der Waals surface area contributed by atoms with Crippen LogP contribution in [-0.2, 0) is 23.0 Å². The van der Waals surface area contributed by atoms with E-state index < -0.39 is 0 Å². The molecule has 0 N–H and O–H groups in total. The Morgan fingerprint density at radius 1 is 1.16 bits per heavy atom. The van der Waals surface area contributed by atoms with Crippen LogP contribution in [0.2, 0.25) is 0 Å². The topological polar surface area (TPSA) is 67.7 Å². The molecule has 7 heteroatoms. The Labute approximate surface area is 147 Å². The largest absolute Gasteiger partial charge is 0.453 e. The van der Waals surface area contributed by atoms with E-state index in [4.69, 9.17) is 4.74 Å². The van der Waals surface area contributed by atoms with E-state index in [9.17, 15) is 9.59 Å². The maximum Gasteiger partial charge on any atom is 0.409 e. The van der Waals surface area contributed by atoms with Gasteiger partial charge in [0, 0.05) is 33.2 Å². The van der Waals surface area contributed by atoms with Gasteiger partial charge in [-0.2, -0.15) is 0 Å². The van der Waals surface area contributed by atoms with Crippen LogP contribution in [0.5, 0.6) is 0 Å². The molecule has 0 unspecified atom stereocenters. The van der Waals surface area contributed by atoms with Crippen molar-refractivity contribution in [2.24, 2.45) is 7.05 Å². The van der Waals surface area contributed by atoms with Gasteiger partial charge in [-0.25, -0.2) is 9.78 Å². The number of methoxy groups -OCH3 is 1. The Bertz CT molecular complexity index is 799. The van der Waals surface area contributed by atoms with Crippen molar-refractivity contribution < 1.29 is 14.3 Å². The molecule has 0 aliphatic carbocycles. The molecule has 0 spiro atoms. The Morgan fingerprint density at radius 3 is 2.64 bits per heavy atom. The number of aryl methyl sites for hydroxylation is 2. The van der Waals surface area contributed by atoms with E-state index in [0.29, 0.717) is 32.6 Å². The summed E-state index contributed by atoms with van der Waals surface area (Å²) in [5, 5.41) is 0. The van der Waals surface area contributed by atoms with E-state index in [-0.39, 0.29) is 12.0 Å². The predicted molar refractivity (Wildman–Crippen MR) is 94.3 cm³/mol. The van der Waals surface area contributed by atoms with E-state index in [1.807, 2.05) is 41.6 Å². The minimum absolute atomic E-state index is 0.0821. The van der Waals surface area contributed by atoms with E-state index in [1.165, 1.54) is 7.11 Å². The highest BCUT2D eigenvalue weighted by atomic mass is 16.5. The van der Waals surface area contributed by atoms with E-state index in [2.05, 4.69) is 4.98 Å². The molecule has 2 amide bonds. The van der Waals surface area contributed by atoms with E-state index >= 15 is 0 Å². The summed E-state index contributed by atoms with van der Waals surface area (Å²) < 4.78 is 6.80. The number of carbonyl (C=O) groups is 2. The summed E-state index contributed by atoms with van der Waals surface area (Å²) in [7, 11) is 3.37. The summed E-state index contributed by atoms with van der Waals surface area (Å²) in [6.07, 6.45) is 0.786. The SMILES string of the molecule is COC(=O)N1CCCN(C(=O)Cc2ccc3c(c2)nc(C)n3C)CC1. The zero-order valence-electron chi connectivity index (χ0n) is 15.0. The fourth-order valence-electron chi connectivity index (χ4n) is 3.24. The van der Waals surface area contributed by atoms with Crippen LogP contribution in [0, 0.1) is 6.92 Å². The highest BCUT2D eigenvalue weighted by Crippen LogP contribution is 2.17. The lowest BCUT2D eigenvalue weighted by Crippen LogP contribution is -2.37. The van der Waals surface area contributed by atoms with Gasteiger partial charge in [0.25, 0.3) is 0 Å². The predicted octanol–water partition coefficient (Wildman–Crippen LogP) is 1.72. The Kier molecular flexibility index (Phi) is 4.92. The van der Waals surface area contributed by atoms with Crippen LogP contribution in [0.1, 0.15) is 17.8 Å². The molecular weight excluding hydrogens is 320 g/mol. The number of hydrogen-bond donors (Lipinski definition) is 0. The van der Waals surface area contributed by atoms with Crippen LogP contribution in [0.3, 0.4) is 0 Å². The van der Waals surface area contributed by atoms with Crippen molar-refractivity contribution in [3.05, 3.63) is 29.6 Å². The molecule has 25 heavy (non-hydrogen) atoms. The summed E-state index contributed by atoms with van der Waals surface area (Å²) >= 11 is 0. The molecule has 0 atom stereocenters. The summed E-state index contributed by atoms with van der Waals surface area (Å²) in [6.45, 7) is 4.30. The van der Waals surface area contributed by atoms with Crippen molar-refractivity contribution in [1.29, 1.82) is 0 Å². The number of imidazole rings is 1. The highest BCUT2D eigenvalue weighted by Gasteiger charge is 2.22. The maximum absolute atomic E-state index is 12.6. The molecule has 7 nitrogen and oxygen atoms in total. The molecule has 0 saturated carbocycles. The molecule has 2 heterocycles. The first-order valence-corrected chi connectivity index (χ1v) is 8.52. The van der Waals surface area contributed by atoms with Gasteiger partial charge in [0.05, 0.1) is 24.6 Å². The van der Waals surface area contributed by atoms with Gasteiger partial charge >= 0.3 is 6.09 Å². The van der Waals surface area contributed by atoms with Gasteiger partial charge in [-0.3, -0.25) is 4.79 Å². The molecule has 1 aromatic heterocycles. The van der Waals surface area contributed by atoms with Crippen LogP contribution >= 0.6 is 0 Å². The maximum atomic E-state index is 12.6. The van der Waals surface area contributed by atoms with Crippen LogP contribution in [0.4, 0.5) is 4.79 Å². The molecule has 1 fully saturated rings. The van der Waals surface area contributed by atoms with Gasteiger partial charge in [-0.15, -0.1) is 0 Å². The minimum Gasteiger partial charge on any atom is -0.453 e. The fourth-order valence-corrected chi connectivity index (χ4v) is 3.24. The average Bonchev–Trinajstić information content (AvgIpc) is 2.79. The second-order valence-corrected chi connectivity index (χ2v) is 6.41. The second kappa shape index (κ2) is 7.13. The molecule has 134 valence electrons. The van der Waals surface area contributed by atoms with Gasteiger partial charge < -0.3 is 19.1 Å². The lowest BCUT2D eigenvalue weighted by atomic mass is 10.1. The summed E-state index contributed by atoms with van der Waals surface area (Å²) in [4.78, 5) is 32.3. The first kappa shape index (κ1) is 17.3. The van der Waals surface area contributed by atoms with Crippen LogP contribution in [0.15, 0.2) is 18.2 Å². The zero-order valence-corrected chi connectivity index (χ0v) is 15.0. The molecule has 2 aromatic rings. The normalized spacial score (nSPS) is 15.3. The van der Waals surface area contributed by atoms with Gasteiger partial charge in [-0.1, -0.05) is 6.07 Å². The fraction of sp³-hybridized carbons (Fsp3) is 0.500. The molecule has 1 aliphatic heterocycles. The monoisotopic (exact) mass is 344 g/mol. The molecule has 3 rings (SSSR count). The molecule has 0 radical (unpaired) electrons. The van der Waals surface area contributed by atoms with Crippen molar-refractivity contribution in [3.8, 4) is 0 Å². The minimum atomic E-state index is -0.328. The number of rotatable bonds is 2. The molecule has 1 saturated heterocycles. The standard InChI is InChI=1S/C18H24N4O3/c1-13-19-15-11-14(5-6-16(15)20(13)2)12-17(23)21-7-4-8-22(10-9-21)18(24)25-3/h5-6,11H,4,7-10,12H2,1-3H3. The molecule has 1 aromatic carbocycles. The first-order chi connectivity index (χ1) is 12.0. The third kappa shape index (κ3) is 3.60. The van der Waals surface area contributed by atoms with E-state index in [0.717, 1.165) is 28.8 Å². The quantitative estimate of drug-likeness (QED) is 0.832. The number of fused-ring (bicyclic) bond motifs is 1. The second-order valence-electron chi connectivity index (χ2n) is 6.41. The molecule has 1 aliphatic rings. The Balaban J connectivity index is 1.66. The average molecular weight is 344 g/mol. The number of amides is 2. The van der Waals surface area contributed by atoms with Crippen molar-refractivity contribution in [1.82, 2.24) is 19.4 Å². The van der Waals surface area contributed by atoms with Crippen molar-refractivity contribution in [2.45, 2.75) is 19.8 Å². The van der Waals surface area contributed by atoms with Gasteiger partial charge in [-0.05, 0) is 31.0 Å². The Morgan fingerprint density at radius 2 is 1.88 bits per heavy atom. The summed E-state index contributed by atoms with van der Waals surface area (Å²) in [6, 6.07) is 5.98. The third-order valence-electron chi connectivity index (χ3n) is 4.81. The van der Waals surface area contributed by atoms with Gasteiger partial charge in [0.2, 0.25) is 5.91 Å². The van der Waals surface area contributed by atoms with Crippen molar-refractivity contribution >= 4 is 23.0 Å². The Hall–Kier alpha value is -2.57. The van der Waals surface area contributed by atoms with Crippen LogP contribution in [-0.4, -0.2) is 64.6 Å². The lowest BCUT2D eigenvalue weighted by molar-refractivity contribution is -0.130. The number of nitrogens with zero attached hydrogens (tertiary/aromatic N) is 4. The highest BCUT2D eigenvalue weighted by molar-refractivity contribution is 5.82. The smallest absolute Gasteiger partial charge is 0.409 e. The zero-order chi connectivity index (χ0) is 18.0. The summed E-state index contributed by atoms with van der Waals surface area (Å²) in [5.74, 6) is 1.03. The van der Waals surface area contributed by atoms with Crippen LogP contribution in [0.25, 0.3) is 11.0 Å². The van der Waals surface area contributed by atoms with Gasteiger partial charge in [0.15, 0.2) is 0 Å².